The summed E-state index contributed by atoms with van der Waals surface area (Å²) in [6, 6.07) is 0. The Hall–Kier alpha value is -0.680. The van der Waals surface area contributed by atoms with Gasteiger partial charge in [0.05, 0.1) is 17.0 Å². The van der Waals surface area contributed by atoms with E-state index in [1.54, 1.807) is 7.11 Å². The van der Waals surface area contributed by atoms with Crippen molar-refractivity contribution in [2.24, 2.45) is 5.73 Å². The maximum atomic E-state index is 11.7. The molecule has 0 aromatic carbocycles. The summed E-state index contributed by atoms with van der Waals surface area (Å²) in [6.07, 6.45) is 6.26. The quantitative estimate of drug-likeness (QED) is 0.512. The lowest BCUT2D eigenvalue weighted by Gasteiger charge is -2.39. The largest absolute Gasteiger partial charge is 0.393 e. The van der Waals surface area contributed by atoms with Crippen LogP contribution in [-0.2, 0) is 9.53 Å². The van der Waals surface area contributed by atoms with E-state index >= 15 is 0 Å². The molecule has 3 N–H and O–H groups in total. The third kappa shape index (κ3) is 5.00. The topological polar surface area (TPSA) is 64.3 Å². The highest BCUT2D eigenvalue weighted by Crippen LogP contribution is 2.37. The Balaban J connectivity index is 2.07. The van der Waals surface area contributed by atoms with Crippen molar-refractivity contribution in [3.05, 3.63) is 0 Å². The second-order valence-corrected chi connectivity index (χ2v) is 5.22. The van der Waals surface area contributed by atoms with Gasteiger partial charge in [0, 0.05) is 13.7 Å². The predicted octanol–water partition coefficient (Wildman–Crippen LogP) is 1.52. The molecule has 1 amide bonds. The Morgan fingerprint density at radius 1 is 1.47 bits per heavy atom. The fraction of sp³-hybridized carbons (Fsp3) is 0.833. The fourth-order valence-corrected chi connectivity index (χ4v) is 2.18. The summed E-state index contributed by atoms with van der Waals surface area (Å²) in [7, 11) is 1.69. The lowest BCUT2D eigenvalue weighted by molar-refractivity contribution is -0.134. The number of thiocarbonyl (C=S) groups is 1. The first-order valence-corrected chi connectivity index (χ1v) is 6.59. The summed E-state index contributed by atoms with van der Waals surface area (Å²) >= 11 is 4.78. The average molecular weight is 258 g/mol. The van der Waals surface area contributed by atoms with Gasteiger partial charge in [-0.25, -0.2) is 0 Å². The first-order valence-electron chi connectivity index (χ1n) is 6.18. The highest BCUT2D eigenvalue weighted by Gasteiger charge is 2.38. The van der Waals surface area contributed by atoms with Gasteiger partial charge in [0.25, 0.3) is 0 Å². The Labute approximate surface area is 108 Å². The van der Waals surface area contributed by atoms with Crippen LogP contribution in [0.3, 0.4) is 0 Å². The molecule has 0 radical (unpaired) electrons. The highest BCUT2D eigenvalue weighted by atomic mass is 32.1. The molecule has 0 spiro atoms. The van der Waals surface area contributed by atoms with Crippen LogP contribution in [0.25, 0.3) is 0 Å². The van der Waals surface area contributed by atoms with Gasteiger partial charge in [0.15, 0.2) is 0 Å². The zero-order chi connectivity index (χ0) is 12.7. The van der Waals surface area contributed by atoms with E-state index in [1.807, 2.05) is 0 Å². The van der Waals surface area contributed by atoms with Gasteiger partial charge < -0.3 is 15.8 Å². The summed E-state index contributed by atoms with van der Waals surface area (Å²) in [5, 5.41) is 2.91. The van der Waals surface area contributed by atoms with E-state index in [9.17, 15) is 4.79 Å². The van der Waals surface area contributed by atoms with Gasteiger partial charge in [-0.2, -0.15) is 0 Å². The van der Waals surface area contributed by atoms with Crippen molar-refractivity contribution in [2.45, 2.75) is 50.5 Å². The van der Waals surface area contributed by atoms with Gasteiger partial charge in [0.2, 0.25) is 5.91 Å². The normalized spacial score (nSPS) is 17.2. The molecule has 98 valence electrons. The van der Waals surface area contributed by atoms with Gasteiger partial charge in [-0.1, -0.05) is 12.2 Å². The second kappa shape index (κ2) is 6.91. The van der Waals surface area contributed by atoms with Gasteiger partial charge >= 0.3 is 0 Å². The number of unbranched alkanes of at least 4 members (excludes halogenated alkanes) is 1. The van der Waals surface area contributed by atoms with Crippen LogP contribution in [0.1, 0.15) is 44.9 Å². The zero-order valence-corrected chi connectivity index (χ0v) is 11.3. The molecule has 0 bridgehead atoms. The van der Waals surface area contributed by atoms with E-state index in [2.05, 4.69) is 5.32 Å². The van der Waals surface area contributed by atoms with Crippen LogP contribution >= 0.6 is 12.2 Å². The summed E-state index contributed by atoms with van der Waals surface area (Å²) < 4.78 is 5.41. The van der Waals surface area contributed by atoms with E-state index < -0.39 is 0 Å². The maximum Gasteiger partial charge on any atom is 0.222 e. The molecular weight excluding hydrogens is 236 g/mol. The molecule has 1 aliphatic carbocycles. The van der Waals surface area contributed by atoms with Crippen molar-refractivity contribution >= 4 is 23.1 Å². The molecule has 0 aromatic rings. The fourth-order valence-electron chi connectivity index (χ4n) is 2.03. The van der Waals surface area contributed by atoms with Crippen molar-refractivity contribution in [1.29, 1.82) is 0 Å². The SMILES string of the molecule is COC1(CC(=O)NCCCCC(N)=S)CCC1. The number of rotatable bonds is 8. The van der Waals surface area contributed by atoms with Crippen LogP contribution in [0.4, 0.5) is 0 Å². The first-order chi connectivity index (χ1) is 8.08. The van der Waals surface area contributed by atoms with Crippen molar-refractivity contribution in [3.8, 4) is 0 Å². The molecule has 0 saturated heterocycles. The molecule has 0 aliphatic heterocycles. The Morgan fingerprint density at radius 2 is 2.18 bits per heavy atom. The third-order valence-corrected chi connectivity index (χ3v) is 3.56. The molecule has 0 aromatic heterocycles. The number of carbonyl (C=O) groups is 1. The number of hydrogen-bond acceptors (Lipinski definition) is 3. The minimum atomic E-state index is -0.178. The molecule has 5 heteroatoms. The second-order valence-electron chi connectivity index (χ2n) is 4.69. The van der Waals surface area contributed by atoms with Crippen LogP contribution in [0, 0.1) is 0 Å². The Bertz CT molecular complexity index is 272. The van der Waals surface area contributed by atoms with Crippen LogP contribution in [0.5, 0.6) is 0 Å². The number of ether oxygens (including phenoxy) is 1. The first kappa shape index (κ1) is 14.4. The molecule has 0 heterocycles. The molecule has 17 heavy (non-hydrogen) atoms. The summed E-state index contributed by atoms with van der Waals surface area (Å²) in [5.41, 5.74) is 5.21. The van der Waals surface area contributed by atoms with Gasteiger partial charge in [-0.05, 0) is 38.5 Å². The summed E-state index contributed by atoms with van der Waals surface area (Å²) in [4.78, 5) is 12.2. The molecule has 1 rings (SSSR count). The van der Waals surface area contributed by atoms with Crippen molar-refractivity contribution < 1.29 is 9.53 Å². The predicted molar refractivity (Wildman–Crippen MR) is 71.9 cm³/mol. The Kier molecular flexibility index (Phi) is 5.85. The number of nitrogens with two attached hydrogens (primary N) is 1. The monoisotopic (exact) mass is 258 g/mol. The molecule has 1 aliphatic rings. The smallest absolute Gasteiger partial charge is 0.222 e. The highest BCUT2D eigenvalue weighted by molar-refractivity contribution is 7.80. The summed E-state index contributed by atoms with van der Waals surface area (Å²) in [6.45, 7) is 0.696. The van der Waals surface area contributed by atoms with Crippen molar-refractivity contribution in [1.82, 2.24) is 5.32 Å². The number of hydrogen-bond donors (Lipinski definition) is 2. The third-order valence-electron chi connectivity index (χ3n) is 3.35. The number of nitrogens with one attached hydrogen (secondary N) is 1. The lowest BCUT2D eigenvalue weighted by atomic mass is 9.77. The minimum Gasteiger partial charge on any atom is -0.393 e. The molecule has 0 atom stereocenters. The molecule has 0 unspecified atom stereocenters. The lowest BCUT2D eigenvalue weighted by Crippen LogP contribution is -2.44. The zero-order valence-electron chi connectivity index (χ0n) is 10.5. The molecular formula is C12H22N2O2S. The van der Waals surface area contributed by atoms with Crippen LogP contribution in [0.2, 0.25) is 0 Å². The number of carbonyl (C=O) groups excluding carboxylic acids is 1. The summed E-state index contributed by atoms with van der Waals surface area (Å²) in [5.74, 6) is 0.0851. The molecule has 4 nitrogen and oxygen atoms in total. The van der Waals surface area contributed by atoms with Crippen LogP contribution in [-0.4, -0.2) is 30.2 Å². The van der Waals surface area contributed by atoms with Crippen molar-refractivity contribution in [2.75, 3.05) is 13.7 Å². The number of amides is 1. The van der Waals surface area contributed by atoms with Gasteiger partial charge in [-0.15, -0.1) is 0 Å². The van der Waals surface area contributed by atoms with E-state index in [0.29, 0.717) is 18.0 Å². The van der Waals surface area contributed by atoms with E-state index in [-0.39, 0.29) is 11.5 Å². The van der Waals surface area contributed by atoms with Crippen LogP contribution < -0.4 is 11.1 Å². The number of methoxy groups -OCH3 is 1. The standard InChI is InChI=1S/C12H22N2O2S/c1-16-12(6-4-7-12)9-11(15)14-8-3-2-5-10(13)17/h2-9H2,1H3,(H2,13,17)(H,14,15). The van der Waals surface area contributed by atoms with Crippen LogP contribution in [0.15, 0.2) is 0 Å². The molecule has 1 saturated carbocycles. The van der Waals surface area contributed by atoms with Gasteiger partial charge in [0.1, 0.15) is 0 Å². The molecule has 1 fully saturated rings. The van der Waals surface area contributed by atoms with E-state index in [4.69, 9.17) is 22.7 Å². The van der Waals surface area contributed by atoms with E-state index in [1.165, 1.54) is 0 Å². The van der Waals surface area contributed by atoms with Gasteiger partial charge in [-0.3, -0.25) is 4.79 Å². The Morgan fingerprint density at radius 3 is 2.65 bits per heavy atom. The average Bonchev–Trinajstić information content (AvgIpc) is 2.22. The maximum absolute atomic E-state index is 11.7. The van der Waals surface area contributed by atoms with E-state index in [0.717, 1.165) is 38.5 Å². The minimum absolute atomic E-state index is 0.0851. The van der Waals surface area contributed by atoms with Crippen molar-refractivity contribution in [3.63, 3.8) is 0 Å².